The highest BCUT2D eigenvalue weighted by atomic mass is 79.9. The molecule has 1 saturated heterocycles. The minimum atomic E-state index is 0.0534. The van der Waals surface area contributed by atoms with Crippen LogP contribution in [-0.2, 0) is 4.74 Å². The second kappa shape index (κ2) is 4.30. The third kappa shape index (κ3) is 2.04. The molecule has 0 aromatic rings. The van der Waals surface area contributed by atoms with Crippen molar-refractivity contribution in [1.82, 2.24) is 0 Å². The van der Waals surface area contributed by atoms with Crippen LogP contribution in [0.4, 0.5) is 0 Å². The summed E-state index contributed by atoms with van der Waals surface area (Å²) < 4.78 is 6.04. The molecule has 1 aliphatic carbocycles. The van der Waals surface area contributed by atoms with Gasteiger partial charge in [0.2, 0.25) is 0 Å². The first-order valence-corrected chi connectivity index (χ1v) is 7.22. The van der Waals surface area contributed by atoms with Crippen molar-refractivity contribution in [3.63, 3.8) is 0 Å². The molecule has 1 spiro atoms. The number of rotatable bonds is 1. The molecule has 3 atom stereocenters. The Morgan fingerprint density at radius 3 is 3.00 bits per heavy atom. The van der Waals surface area contributed by atoms with Crippen LogP contribution in [0, 0.1) is 0 Å². The normalized spacial score (nSPS) is 45.7. The van der Waals surface area contributed by atoms with Gasteiger partial charge < -0.3 is 4.74 Å². The molecule has 0 N–H and O–H groups in total. The minimum Gasteiger partial charge on any atom is -0.358 e. The van der Waals surface area contributed by atoms with Gasteiger partial charge in [-0.2, -0.15) is 0 Å². The summed E-state index contributed by atoms with van der Waals surface area (Å²) in [4.78, 5) is 0.574. The fourth-order valence-corrected chi connectivity index (χ4v) is 4.83. The topological polar surface area (TPSA) is 9.23 Å². The SMILES string of the molecule is ClCC1CSC2(CCCCC2Br)O1. The van der Waals surface area contributed by atoms with Gasteiger partial charge in [0, 0.05) is 11.6 Å². The summed E-state index contributed by atoms with van der Waals surface area (Å²) in [7, 11) is 0. The van der Waals surface area contributed by atoms with E-state index < -0.39 is 0 Å². The van der Waals surface area contributed by atoms with Crippen LogP contribution in [0.25, 0.3) is 0 Å². The van der Waals surface area contributed by atoms with E-state index in [0.717, 1.165) is 5.75 Å². The van der Waals surface area contributed by atoms with E-state index in [-0.39, 0.29) is 11.0 Å². The molecular weight excluding hydrogens is 272 g/mol. The van der Waals surface area contributed by atoms with Crippen LogP contribution in [0.5, 0.6) is 0 Å². The van der Waals surface area contributed by atoms with Gasteiger partial charge in [-0.05, 0) is 19.3 Å². The second-order valence-electron chi connectivity index (χ2n) is 3.73. The molecule has 76 valence electrons. The Bertz CT molecular complexity index is 192. The largest absolute Gasteiger partial charge is 0.358 e. The van der Waals surface area contributed by atoms with Gasteiger partial charge in [-0.1, -0.05) is 22.4 Å². The molecular formula is C9H14BrClOS. The van der Waals surface area contributed by atoms with Crippen LogP contribution in [0.1, 0.15) is 25.7 Å². The molecule has 1 nitrogen and oxygen atoms in total. The Hall–Kier alpha value is 1.08. The van der Waals surface area contributed by atoms with Crippen LogP contribution >= 0.6 is 39.3 Å². The van der Waals surface area contributed by atoms with Gasteiger partial charge >= 0.3 is 0 Å². The molecule has 0 aromatic carbocycles. The second-order valence-corrected chi connectivity index (χ2v) is 6.46. The van der Waals surface area contributed by atoms with E-state index in [1.54, 1.807) is 0 Å². The van der Waals surface area contributed by atoms with E-state index in [1.807, 2.05) is 11.8 Å². The van der Waals surface area contributed by atoms with E-state index >= 15 is 0 Å². The summed E-state index contributed by atoms with van der Waals surface area (Å²) in [5, 5.41) is 0. The van der Waals surface area contributed by atoms with Crippen molar-refractivity contribution in [2.24, 2.45) is 0 Å². The molecule has 4 heteroatoms. The predicted molar refractivity (Wildman–Crippen MR) is 62.0 cm³/mol. The van der Waals surface area contributed by atoms with Gasteiger partial charge in [0.1, 0.15) is 4.93 Å². The molecule has 13 heavy (non-hydrogen) atoms. The maximum absolute atomic E-state index is 6.04. The quantitative estimate of drug-likeness (QED) is 0.683. The average Bonchev–Trinajstić information content (AvgIpc) is 2.56. The van der Waals surface area contributed by atoms with Crippen LogP contribution in [-0.4, -0.2) is 27.5 Å². The van der Waals surface area contributed by atoms with Gasteiger partial charge in [-0.15, -0.1) is 23.4 Å². The Balaban J connectivity index is 2.03. The molecule has 1 aliphatic heterocycles. The molecule has 0 bridgehead atoms. The smallest absolute Gasteiger partial charge is 0.126 e. The fourth-order valence-electron chi connectivity index (χ4n) is 2.03. The minimum absolute atomic E-state index is 0.0534. The number of hydrogen-bond donors (Lipinski definition) is 0. The van der Waals surface area contributed by atoms with Crippen molar-refractivity contribution in [2.45, 2.75) is 41.5 Å². The van der Waals surface area contributed by atoms with Crippen molar-refractivity contribution >= 4 is 39.3 Å². The number of alkyl halides is 2. The molecule has 1 heterocycles. The first-order valence-electron chi connectivity index (χ1n) is 4.79. The highest BCUT2D eigenvalue weighted by molar-refractivity contribution is 9.09. The lowest BCUT2D eigenvalue weighted by Gasteiger charge is -2.36. The zero-order valence-electron chi connectivity index (χ0n) is 7.47. The first kappa shape index (κ1) is 10.6. The van der Waals surface area contributed by atoms with E-state index in [1.165, 1.54) is 25.7 Å². The summed E-state index contributed by atoms with van der Waals surface area (Å²) in [6.07, 6.45) is 5.31. The molecule has 0 amide bonds. The maximum atomic E-state index is 6.04. The summed E-state index contributed by atoms with van der Waals surface area (Å²) in [5.41, 5.74) is 0. The van der Waals surface area contributed by atoms with Gasteiger partial charge in [0.25, 0.3) is 0 Å². The lowest BCUT2D eigenvalue weighted by atomic mass is 9.97. The Labute approximate surface area is 97.1 Å². The van der Waals surface area contributed by atoms with Gasteiger partial charge in [0.15, 0.2) is 0 Å². The van der Waals surface area contributed by atoms with Crippen molar-refractivity contribution in [3.8, 4) is 0 Å². The zero-order valence-corrected chi connectivity index (χ0v) is 10.6. The Morgan fingerprint density at radius 2 is 2.38 bits per heavy atom. The molecule has 3 unspecified atom stereocenters. The number of hydrogen-bond acceptors (Lipinski definition) is 2. The fraction of sp³-hybridized carbons (Fsp3) is 1.00. The molecule has 2 fully saturated rings. The number of halogens is 2. The van der Waals surface area contributed by atoms with Crippen molar-refractivity contribution in [3.05, 3.63) is 0 Å². The highest BCUT2D eigenvalue weighted by Gasteiger charge is 2.47. The third-order valence-electron chi connectivity index (χ3n) is 2.76. The standard InChI is InChI=1S/C9H14BrClOS/c10-8-3-1-2-4-9(8)12-7(5-11)6-13-9/h7-8H,1-6H2. The Morgan fingerprint density at radius 1 is 1.54 bits per heavy atom. The van der Waals surface area contributed by atoms with Gasteiger partial charge in [0.05, 0.1) is 10.9 Å². The van der Waals surface area contributed by atoms with Crippen LogP contribution in [0.2, 0.25) is 0 Å². The lowest BCUT2D eigenvalue weighted by molar-refractivity contribution is -0.0124. The average molecular weight is 286 g/mol. The van der Waals surface area contributed by atoms with Crippen LogP contribution in [0.15, 0.2) is 0 Å². The Kier molecular flexibility index (Phi) is 3.50. The summed E-state index contributed by atoms with van der Waals surface area (Å²) in [6.45, 7) is 0. The van der Waals surface area contributed by atoms with Gasteiger partial charge in [-0.25, -0.2) is 0 Å². The summed E-state index contributed by atoms with van der Waals surface area (Å²) in [5.74, 6) is 1.69. The monoisotopic (exact) mass is 284 g/mol. The lowest BCUT2D eigenvalue weighted by Crippen LogP contribution is -2.39. The van der Waals surface area contributed by atoms with Crippen LogP contribution < -0.4 is 0 Å². The predicted octanol–water partition coefficient (Wildman–Crippen LogP) is 3.39. The van der Waals surface area contributed by atoms with Crippen molar-refractivity contribution in [1.29, 1.82) is 0 Å². The molecule has 1 saturated carbocycles. The number of thioether (sulfide) groups is 1. The molecule has 2 aliphatic rings. The highest BCUT2D eigenvalue weighted by Crippen LogP contribution is 2.49. The maximum Gasteiger partial charge on any atom is 0.126 e. The summed E-state index contributed by atoms with van der Waals surface area (Å²) in [6, 6.07) is 0. The van der Waals surface area contributed by atoms with Crippen molar-refractivity contribution < 1.29 is 4.74 Å². The molecule has 0 aromatic heterocycles. The number of ether oxygens (including phenoxy) is 1. The molecule has 0 radical (unpaired) electrons. The van der Waals surface area contributed by atoms with Gasteiger partial charge in [-0.3, -0.25) is 0 Å². The van der Waals surface area contributed by atoms with Crippen molar-refractivity contribution in [2.75, 3.05) is 11.6 Å². The van der Waals surface area contributed by atoms with E-state index in [0.29, 0.717) is 10.7 Å². The van der Waals surface area contributed by atoms with E-state index in [4.69, 9.17) is 16.3 Å². The van der Waals surface area contributed by atoms with E-state index in [9.17, 15) is 0 Å². The van der Waals surface area contributed by atoms with E-state index in [2.05, 4.69) is 15.9 Å². The molecule has 2 rings (SSSR count). The zero-order chi connectivity index (χ0) is 9.31. The summed E-state index contributed by atoms with van der Waals surface area (Å²) >= 11 is 11.5. The third-order valence-corrected chi connectivity index (χ3v) is 6.22. The first-order chi connectivity index (χ1) is 6.27. The van der Waals surface area contributed by atoms with Crippen LogP contribution in [0.3, 0.4) is 0 Å².